The molecule has 9 heavy (non-hydrogen) atoms. The summed E-state index contributed by atoms with van der Waals surface area (Å²) in [6.45, 7) is 5.17. The Morgan fingerprint density at radius 2 is 2.11 bits per heavy atom. The normalized spacial score (nSPS) is 45.0. The zero-order chi connectivity index (χ0) is 6.85. The summed E-state index contributed by atoms with van der Waals surface area (Å²) in [6.07, 6.45) is 0.826. The molecule has 3 atom stereocenters. The number of nitrogens with one attached hydrogen (secondary N) is 1. The minimum absolute atomic E-state index is 0.0822. The molecular weight excluding hydrogens is 114 g/mol. The Kier molecular flexibility index (Phi) is 2.09. The first kappa shape index (κ1) is 7.03. The van der Waals surface area contributed by atoms with E-state index in [4.69, 9.17) is 0 Å². The quantitative estimate of drug-likeness (QED) is 0.495. The van der Waals surface area contributed by atoms with E-state index < -0.39 is 0 Å². The van der Waals surface area contributed by atoms with E-state index in [1.807, 2.05) is 0 Å². The average molecular weight is 129 g/mol. The molecule has 0 bridgehead atoms. The van der Waals surface area contributed by atoms with Crippen molar-refractivity contribution in [1.82, 2.24) is 5.32 Å². The fourth-order valence-electron chi connectivity index (χ4n) is 1.24. The highest BCUT2D eigenvalue weighted by molar-refractivity contribution is 4.80. The van der Waals surface area contributed by atoms with Crippen molar-refractivity contribution < 1.29 is 5.11 Å². The molecule has 2 heteroatoms. The number of aliphatic hydroxyl groups excluding tert-OH is 1. The van der Waals surface area contributed by atoms with Crippen LogP contribution >= 0.6 is 0 Å². The van der Waals surface area contributed by atoms with Crippen molar-refractivity contribution in [2.45, 2.75) is 32.4 Å². The van der Waals surface area contributed by atoms with E-state index in [1.165, 1.54) is 0 Å². The van der Waals surface area contributed by atoms with Crippen LogP contribution in [0.2, 0.25) is 0 Å². The summed E-state index contributed by atoms with van der Waals surface area (Å²) in [5, 5.41) is 12.6. The molecule has 0 aromatic carbocycles. The first-order valence-electron chi connectivity index (χ1n) is 3.63. The third kappa shape index (κ3) is 1.43. The lowest BCUT2D eigenvalue weighted by molar-refractivity contribution is 0.0661. The predicted molar refractivity (Wildman–Crippen MR) is 37.3 cm³/mol. The summed E-state index contributed by atoms with van der Waals surface area (Å²) in [5.41, 5.74) is 0. The zero-order valence-electron chi connectivity index (χ0n) is 6.09. The van der Waals surface area contributed by atoms with Crippen LogP contribution in [0.15, 0.2) is 0 Å². The van der Waals surface area contributed by atoms with Gasteiger partial charge in [-0.3, -0.25) is 0 Å². The fourth-order valence-corrected chi connectivity index (χ4v) is 1.24. The first-order chi connectivity index (χ1) is 4.22. The summed E-state index contributed by atoms with van der Waals surface area (Å²) in [6, 6.07) is 0.480. The van der Waals surface area contributed by atoms with Gasteiger partial charge in [0.1, 0.15) is 0 Å². The van der Waals surface area contributed by atoms with Crippen LogP contribution in [0.4, 0.5) is 0 Å². The zero-order valence-corrected chi connectivity index (χ0v) is 6.09. The van der Waals surface area contributed by atoms with Crippen molar-refractivity contribution in [3.63, 3.8) is 0 Å². The molecule has 0 amide bonds. The summed E-state index contributed by atoms with van der Waals surface area (Å²) in [7, 11) is 0. The van der Waals surface area contributed by atoms with Gasteiger partial charge in [0.25, 0.3) is 0 Å². The Morgan fingerprint density at radius 1 is 1.44 bits per heavy atom. The lowest BCUT2D eigenvalue weighted by Gasteiger charge is -2.31. The van der Waals surface area contributed by atoms with E-state index in [9.17, 15) is 5.11 Å². The Labute approximate surface area is 56.3 Å². The number of hydrogen-bond acceptors (Lipinski definition) is 2. The second-order valence-corrected chi connectivity index (χ2v) is 2.96. The standard InChI is InChI=1S/C7H15NO/c1-5-6(2)8-4-3-7(5)9/h5-9H,3-4H2,1-2H3/t5-,6+,7-/m1/s1. The highest BCUT2D eigenvalue weighted by Gasteiger charge is 2.23. The molecule has 0 aliphatic carbocycles. The molecule has 54 valence electrons. The molecule has 2 nitrogen and oxygen atoms in total. The van der Waals surface area contributed by atoms with E-state index in [0.717, 1.165) is 13.0 Å². The molecule has 0 aromatic heterocycles. The van der Waals surface area contributed by atoms with Gasteiger partial charge >= 0.3 is 0 Å². The van der Waals surface area contributed by atoms with Crippen LogP contribution in [0.5, 0.6) is 0 Å². The maximum Gasteiger partial charge on any atom is 0.0592 e. The van der Waals surface area contributed by atoms with Gasteiger partial charge < -0.3 is 10.4 Å². The molecule has 0 aromatic rings. The van der Waals surface area contributed by atoms with Gasteiger partial charge in [-0.1, -0.05) is 6.92 Å². The van der Waals surface area contributed by atoms with Gasteiger partial charge in [0, 0.05) is 6.04 Å². The van der Waals surface area contributed by atoms with Crippen LogP contribution in [-0.4, -0.2) is 23.8 Å². The second-order valence-electron chi connectivity index (χ2n) is 2.96. The van der Waals surface area contributed by atoms with Crippen molar-refractivity contribution in [2.75, 3.05) is 6.54 Å². The van der Waals surface area contributed by atoms with Gasteiger partial charge in [0.15, 0.2) is 0 Å². The minimum atomic E-state index is -0.0822. The Bertz CT molecular complexity index is 84.9. The van der Waals surface area contributed by atoms with Gasteiger partial charge in [-0.2, -0.15) is 0 Å². The van der Waals surface area contributed by atoms with Crippen LogP contribution in [-0.2, 0) is 0 Å². The van der Waals surface area contributed by atoms with E-state index >= 15 is 0 Å². The molecule has 1 aliphatic rings. The van der Waals surface area contributed by atoms with Crippen molar-refractivity contribution in [1.29, 1.82) is 0 Å². The van der Waals surface area contributed by atoms with E-state index in [2.05, 4.69) is 19.2 Å². The van der Waals surface area contributed by atoms with Gasteiger partial charge in [0.05, 0.1) is 6.10 Å². The predicted octanol–water partition coefficient (Wildman–Crippen LogP) is 0.365. The molecule has 0 unspecified atom stereocenters. The molecule has 1 rings (SSSR count). The monoisotopic (exact) mass is 129 g/mol. The van der Waals surface area contributed by atoms with Gasteiger partial charge in [-0.25, -0.2) is 0 Å². The van der Waals surface area contributed by atoms with E-state index in [0.29, 0.717) is 12.0 Å². The van der Waals surface area contributed by atoms with E-state index in [1.54, 1.807) is 0 Å². The van der Waals surface area contributed by atoms with Crippen molar-refractivity contribution >= 4 is 0 Å². The smallest absolute Gasteiger partial charge is 0.0592 e. The Hall–Kier alpha value is -0.0800. The molecule has 1 aliphatic heterocycles. The van der Waals surface area contributed by atoms with Crippen molar-refractivity contribution in [3.8, 4) is 0 Å². The maximum absolute atomic E-state index is 9.31. The van der Waals surface area contributed by atoms with Crippen molar-refractivity contribution in [2.24, 2.45) is 5.92 Å². The highest BCUT2D eigenvalue weighted by Crippen LogP contribution is 2.15. The second kappa shape index (κ2) is 2.67. The third-order valence-electron chi connectivity index (χ3n) is 2.30. The van der Waals surface area contributed by atoms with Gasteiger partial charge in [-0.15, -0.1) is 0 Å². The largest absolute Gasteiger partial charge is 0.393 e. The average Bonchev–Trinajstić information content (AvgIpc) is 1.83. The summed E-state index contributed by atoms with van der Waals surface area (Å²) < 4.78 is 0. The summed E-state index contributed by atoms with van der Waals surface area (Å²) >= 11 is 0. The van der Waals surface area contributed by atoms with Crippen LogP contribution in [0.3, 0.4) is 0 Å². The lowest BCUT2D eigenvalue weighted by atomic mass is 9.91. The Balaban J connectivity index is 2.41. The van der Waals surface area contributed by atoms with Crippen molar-refractivity contribution in [3.05, 3.63) is 0 Å². The summed E-state index contributed by atoms with van der Waals surface area (Å²) in [4.78, 5) is 0. The molecule has 0 spiro atoms. The highest BCUT2D eigenvalue weighted by atomic mass is 16.3. The maximum atomic E-state index is 9.31. The van der Waals surface area contributed by atoms with E-state index in [-0.39, 0.29) is 6.10 Å². The molecule has 2 N–H and O–H groups in total. The fraction of sp³-hybridized carbons (Fsp3) is 1.00. The van der Waals surface area contributed by atoms with Crippen LogP contribution in [0, 0.1) is 5.92 Å². The Morgan fingerprint density at radius 3 is 2.56 bits per heavy atom. The third-order valence-corrected chi connectivity index (χ3v) is 2.30. The number of piperidine rings is 1. The number of hydrogen-bond donors (Lipinski definition) is 2. The minimum Gasteiger partial charge on any atom is -0.393 e. The van der Waals surface area contributed by atoms with Gasteiger partial charge in [0.2, 0.25) is 0 Å². The summed E-state index contributed by atoms with van der Waals surface area (Å²) in [5.74, 6) is 0.416. The molecule has 0 saturated carbocycles. The first-order valence-corrected chi connectivity index (χ1v) is 3.63. The molecule has 1 fully saturated rings. The molecule has 1 heterocycles. The molecular formula is C7H15NO. The molecule has 0 radical (unpaired) electrons. The number of rotatable bonds is 0. The molecule has 1 saturated heterocycles. The SMILES string of the molecule is C[C@H]1[C@H](O)CCN[C@H]1C. The lowest BCUT2D eigenvalue weighted by Crippen LogP contribution is -2.45. The topological polar surface area (TPSA) is 32.3 Å². The van der Waals surface area contributed by atoms with Crippen LogP contribution in [0.25, 0.3) is 0 Å². The number of aliphatic hydroxyl groups is 1. The van der Waals surface area contributed by atoms with Crippen LogP contribution < -0.4 is 5.32 Å². The van der Waals surface area contributed by atoms with Gasteiger partial charge in [-0.05, 0) is 25.8 Å². The van der Waals surface area contributed by atoms with Crippen LogP contribution in [0.1, 0.15) is 20.3 Å².